The van der Waals surface area contributed by atoms with Crippen LogP contribution in [0.2, 0.25) is 5.02 Å². The number of nitrogens with one attached hydrogen (secondary N) is 1. The summed E-state index contributed by atoms with van der Waals surface area (Å²) in [5.41, 5.74) is 0.968. The Balaban J connectivity index is 0.00000172. The highest BCUT2D eigenvalue weighted by Crippen LogP contribution is 2.19. The second kappa shape index (κ2) is 10.8. The zero-order valence-corrected chi connectivity index (χ0v) is 13.6. The fourth-order valence-electron chi connectivity index (χ4n) is 1.81. The van der Waals surface area contributed by atoms with Crippen molar-refractivity contribution in [3.05, 3.63) is 34.9 Å². The molecule has 1 aromatic rings. The number of Topliss-reactive ketones (excluding diaryl/α,β-unsaturated/α-hetero) is 1. The molecule has 0 saturated heterocycles. The van der Waals surface area contributed by atoms with E-state index in [4.69, 9.17) is 16.7 Å². The molecule has 4 heteroatoms. The number of carbonyl (C=O) groups is 1. The summed E-state index contributed by atoms with van der Waals surface area (Å²) in [7, 11) is 0. The van der Waals surface area contributed by atoms with Crippen molar-refractivity contribution in [2.45, 2.75) is 46.1 Å². The Morgan fingerprint density at radius 1 is 1.30 bits per heavy atom. The predicted octanol–water partition coefficient (Wildman–Crippen LogP) is 3.40. The van der Waals surface area contributed by atoms with E-state index < -0.39 is 0 Å². The van der Waals surface area contributed by atoms with Gasteiger partial charge in [0.1, 0.15) is 5.78 Å². The van der Waals surface area contributed by atoms with Crippen LogP contribution in [0.4, 0.5) is 0 Å². The Labute approximate surface area is 127 Å². The minimum atomic E-state index is -0.164. The van der Waals surface area contributed by atoms with Crippen LogP contribution in [0.25, 0.3) is 0 Å². The highest BCUT2D eigenvalue weighted by molar-refractivity contribution is 6.30. The molecular formula is C16H26ClNO2. The Morgan fingerprint density at radius 3 is 2.30 bits per heavy atom. The van der Waals surface area contributed by atoms with Gasteiger partial charge in [-0.05, 0) is 38.0 Å². The lowest BCUT2D eigenvalue weighted by molar-refractivity contribution is -0.118. The lowest BCUT2D eigenvalue weighted by Gasteiger charge is -2.19. The van der Waals surface area contributed by atoms with Crippen LogP contribution < -0.4 is 5.32 Å². The maximum atomic E-state index is 11.7. The van der Waals surface area contributed by atoms with E-state index >= 15 is 0 Å². The molecule has 0 fully saturated rings. The number of hydrogen-bond acceptors (Lipinski definition) is 3. The first-order valence-electron chi connectivity index (χ1n) is 7.14. The minimum absolute atomic E-state index is 0.126. The molecule has 2 atom stereocenters. The second-order valence-corrected chi connectivity index (χ2v) is 4.97. The lowest BCUT2D eigenvalue weighted by Crippen LogP contribution is -2.33. The lowest BCUT2D eigenvalue weighted by atomic mass is 9.95. The molecule has 0 aliphatic carbocycles. The number of ketones is 1. The average molecular weight is 300 g/mol. The van der Waals surface area contributed by atoms with Crippen molar-refractivity contribution >= 4 is 17.4 Å². The van der Waals surface area contributed by atoms with Crippen molar-refractivity contribution in [3.8, 4) is 0 Å². The van der Waals surface area contributed by atoms with E-state index in [0.717, 1.165) is 5.56 Å². The number of rotatable bonds is 7. The fourth-order valence-corrected chi connectivity index (χ4v) is 1.93. The SMILES string of the molecule is CC.CC(=O)C(CNC(C)CCO)c1ccc(Cl)cc1. The Kier molecular flexibility index (Phi) is 10.3. The molecule has 0 radical (unpaired) electrons. The maximum Gasteiger partial charge on any atom is 0.138 e. The largest absolute Gasteiger partial charge is 0.396 e. The topological polar surface area (TPSA) is 49.3 Å². The standard InChI is InChI=1S/C14H20ClNO2.C2H6/c1-10(7-8-17)16-9-14(11(2)18)12-3-5-13(15)6-4-12;1-2/h3-6,10,14,16-17H,7-9H2,1-2H3;1-2H3. The van der Waals surface area contributed by atoms with Crippen molar-refractivity contribution in [2.24, 2.45) is 0 Å². The quantitative estimate of drug-likeness (QED) is 0.811. The molecule has 0 saturated carbocycles. The second-order valence-electron chi connectivity index (χ2n) is 4.54. The van der Waals surface area contributed by atoms with E-state index in [0.29, 0.717) is 18.0 Å². The van der Waals surface area contributed by atoms with Crippen LogP contribution in [-0.2, 0) is 4.79 Å². The van der Waals surface area contributed by atoms with Gasteiger partial charge in [0.25, 0.3) is 0 Å². The van der Waals surface area contributed by atoms with Crippen LogP contribution in [0, 0.1) is 0 Å². The summed E-state index contributed by atoms with van der Waals surface area (Å²) < 4.78 is 0. The number of aliphatic hydroxyl groups is 1. The summed E-state index contributed by atoms with van der Waals surface area (Å²) >= 11 is 5.84. The summed E-state index contributed by atoms with van der Waals surface area (Å²) in [6.07, 6.45) is 0.686. The average Bonchev–Trinajstić information content (AvgIpc) is 2.43. The molecule has 0 spiro atoms. The van der Waals surface area contributed by atoms with E-state index in [9.17, 15) is 4.79 Å². The van der Waals surface area contributed by atoms with E-state index in [1.807, 2.05) is 32.9 Å². The third-order valence-corrected chi connectivity index (χ3v) is 3.25. The first-order valence-corrected chi connectivity index (χ1v) is 7.52. The van der Waals surface area contributed by atoms with Gasteiger partial charge in [0.15, 0.2) is 0 Å². The zero-order chi connectivity index (χ0) is 15.5. The van der Waals surface area contributed by atoms with Crippen molar-refractivity contribution in [1.29, 1.82) is 0 Å². The zero-order valence-electron chi connectivity index (χ0n) is 12.8. The number of carbonyl (C=O) groups excluding carboxylic acids is 1. The molecule has 0 heterocycles. The summed E-state index contributed by atoms with van der Waals surface area (Å²) in [4.78, 5) is 11.7. The van der Waals surface area contributed by atoms with Gasteiger partial charge in [0.2, 0.25) is 0 Å². The molecular weight excluding hydrogens is 274 g/mol. The van der Waals surface area contributed by atoms with Crippen molar-refractivity contribution in [2.75, 3.05) is 13.2 Å². The number of benzene rings is 1. The maximum absolute atomic E-state index is 11.7. The fraction of sp³-hybridized carbons (Fsp3) is 0.562. The first kappa shape index (κ1) is 19.1. The van der Waals surface area contributed by atoms with Crippen molar-refractivity contribution < 1.29 is 9.90 Å². The number of hydrogen-bond donors (Lipinski definition) is 2. The first-order chi connectivity index (χ1) is 9.54. The normalized spacial score (nSPS) is 13.1. The van der Waals surface area contributed by atoms with Crippen LogP contribution in [-0.4, -0.2) is 30.1 Å². The molecule has 0 aromatic heterocycles. The molecule has 1 aromatic carbocycles. The highest BCUT2D eigenvalue weighted by atomic mass is 35.5. The van der Waals surface area contributed by atoms with Crippen molar-refractivity contribution in [1.82, 2.24) is 5.32 Å². The van der Waals surface area contributed by atoms with Gasteiger partial charge in [0, 0.05) is 24.2 Å². The molecule has 114 valence electrons. The summed E-state index contributed by atoms with van der Waals surface area (Å²) in [5, 5.41) is 12.8. The number of halogens is 1. The third-order valence-electron chi connectivity index (χ3n) is 3.00. The van der Waals surface area contributed by atoms with Gasteiger partial charge >= 0.3 is 0 Å². The predicted molar refractivity (Wildman–Crippen MR) is 85.4 cm³/mol. The Hall–Kier alpha value is -0.900. The van der Waals surface area contributed by atoms with Gasteiger partial charge in [-0.1, -0.05) is 37.6 Å². The Bertz CT molecular complexity index is 379. The van der Waals surface area contributed by atoms with E-state index in [2.05, 4.69) is 5.32 Å². The molecule has 1 rings (SSSR count). The van der Waals surface area contributed by atoms with Gasteiger partial charge in [0.05, 0.1) is 5.92 Å². The van der Waals surface area contributed by atoms with Gasteiger partial charge in [-0.25, -0.2) is 0 Å². The highest BCUT2D eigenvalue weighted by Gasteiger charge is 2.17. The smallest absolute Gasteiger partial charge is 0.138 e. The molecule has 3 nitrogen and oxygen atoms in total. The molecule has 2 N–H and O–H groups in total. The van der Waals surface area contributed by atoms with Gasteiger partial charge in [-0.2, -0.15) is 0 Å². The van der Waals surface area contributed by atoms with Crippen LogP contribution in [0.3, 0.4) is 0 Å². The molecule has 0 aliphatic rings. The minimum Gasteiger partial charge on any atom is -0.396 e. The van der Waals surface area contributed by atoms with Gasteiger partial charge < -0.3 is 10.4 Å². The van der Waals surface area contributed by atoms with E-state index in [-0.39, 0.29) is 24.3 Å². The summed E-state index contributed by atoms with van der Waals surface area (Å²) in [6.45, 7) is 8.32. The molecule has 0 bridgehead atoms. The van der Waals surface area contributed by atoms with Crippen LogP contribution in [0.1, 0.15) is 45.6 Å². The van der Waals surface area contributed by atoms with Crippen LogP contribution in [0.5, 0.6) is 0 Å². The third kappa shape index (κ3) is 7.04. The van der Waals surface area contributed by atoms with E-state index in [1.54, 1.807) is 19.1 Å². The Morgan fingerprint density at radius 2 is 1.85 bits per heavy atom. The monoisotopic (exact) mass is 299 g/mol. The summed E-state index contributed by atoms with van der Waals surface area (Å²) in [6, 6.07) is 7.55. The van der Waals surface area contributed by atoms with Crippen LogP contribution in [0.15, 0.2) is 24.3 Å². The van der Waals surface area contributed by atoms with Gasteiger partial charge in [-0.15, -0.1) is 0 Å². The molecule has 0 aliphatic heterocycles. The van der Waals surface area contributed by atoms with Crippen molar-refractivity contribution in [3.63, 3.8) is 0 Å². The molecule has 2 unspecified atom stereocenters. The molecule has 20 heavy (non-hydrogen) atoms. The molecule has 0 amide bonds. The summed E-state index contributed by atoms with van der Waals surface area (Å²) in [5.74, 6) is -0.0376. The van der Waals surface area contributed by atoms with Gasteiger partial charge in [-0.3, -0.25) is 4.79 Å². The number of aliphatic hydroxyl groups excluding tert-OH is 1. The van der Waals surface area contributed by atoms with Crippen LogP contribution >= 0.6 is 11.6 Å². The van der Waals surface area contributed by atoms with E-state index in [1.165, 1.54) is 0 Å².